The van der Waals surface area contributed by atoms with Crippen LogP contribution in [0, 0.1) is 0 Å². The molecule has 0 spiro atoms. The Bertz CT molecular complexity index is 539. The largest absolute Gasteiger partial charge is 0.380 e. The Kier molecular flexibility index (Phi) is 4.25. The van der Waals surface area contributed by atoms with Gasteiger partial charge in [-0.1, -0.05) is 12.1 Å². The average Bonchev–Trinajstić information content (AvgIpc) is 2.91. The lowest BCUT2D eigenvalue weighted by molar-refractivity contribution is 0.0781. The van der Waals surface area contributed by atoms with Crippen molar-refractivity contribution >= 4 is 5.91 Å². The van der Waals surface area contributed by atoms with Gasteiger partial charge in [0.15, 0.2) is 0 Å². The predicted molar refractivity (Wildman–Crippen MR) is 69.3 cm³/mol. The third kappa shape index (κ3) is 3.38. The van der Waals surface area contributed by atoms with Crippen molar-refractivity contribution in [2.75, 3.05) is 14.2 Å². The standard InChI is InChI=1S/C13H16N4O2/c1-17(7-12-14-9-15-16-12)13(18)11-5-3-4-10(6-11)8-19-2/h3-6,9H,7-8H2,1-2H3,(H,14,15,16). The molecule has 0 atom stereocenters. The van der Waals surface area contributed by atoms with Gasteiger partial charge in [0, 0.05) is 19.7 Å². The van der Waals surface area contributed by atoms with E-state index in [-0.39, 0.29) is 5.91 Å². The number of hydrogen-bond acceptors (Lipinski definition) is 4. The predicted octanol–water partition coefficient (Wildman–Crippen LogP) is 1.22. The van der Waals surface area contributed by atoms with Crippen LogP contribution in [0.25, 0.3) is 0 Å². The fraction of sp³-hybridized carbons (Fsp3) is 0.308. The van der Waals surface area contributed by atoms with Crippen LogP contribution in [0.3, 0.4) is 0 Å². The maximum absolute atomic E-state index is 12.3. The number of aromatic nitrogens is 3. The van der Waals surface area contributed by atoms with Crippen LogP contribution in [-0.2, 0) is 17.9 Å². The lowest BCUT2D eigenvalue weighted by Gasteiger charge is -2.16. The number of benzene rings is 1. The molecule has 0 radical (unpaired) electrons. The highest BCUT2D eigenvalue weighted by Gasteiger charge is 2.13. The average molecular weight is 260 g/mol. The number of carbonyl (C=O) groups excluding carboxylic acids is 1. The summed E-state index contributed by atoms with van der Waals surface area (Å²) in [5.74, 6) is 0.596. The molecule has 0 saturated heterocycles. The maximum Gasteiger partial charge on any atom is 0.254 e. The van der Waals surface area contributed by atoms with Crippen molar-refractivity contribution in [1.82, 2.24) is 20.1 Å². The van der Waals surface area contributed by atoms with Gasteiger partial charge in [0.05, 0.1) is 13.2 Å². The number of ether oxygens (including phenoxy) is 1. The van der Waals surface area contributed by atoms with Crippen LogP contribution in [0.5, 0.6) is 0 Å². The molecule has 6 nitrogen and oxygen atoms in total. The number of nitrogens with zero attached hydrogens (tertiary/aromatic N) is 3. The van der Waals surface area contributed by atoms with Crippen LogP contribution in [0.4, 0.5) is 0 Å². The minimum atomic E-state index is -0.0608. The molecule has 1 heterocycles. The van der Waals surface area contributed by atoms with E-state index in [0.717, 1.165) is 5.56 Å². The Morgan fingerprint density at radius 1 is 1.47 bits per heavy atom. The van der Waals surface area contributed by atoms with Crippen LogP contribution in [0.2, 0.25) is 0 Å². The lowest BCUT2D eigenvalue weighted by atomic mass is 10.1. The molecule has 19 heavy (non-hydrogen) atoms. The Labute approximate surface area is 111 Å². The zero-order valence-corrected chi connectivity index (χ0v) is 11.0. The smallest absolute Gasteiger partial charge is 0.254 e. The fourth-order valence-electron chi connectivity index (χ4n) is 1.78. The summed E-state index contributed by atoms with van der Waals surface area (Å²) in [5.41, 5.74) is 1.61. The molecule has 0 aliphatic rings. The monoisotopic (exact) mass is 260 g/mol. The maximum atomic E-state index is 12.3. The second-order valence-corrected chi connectivity index (χ2v) is 4.23. The van der Waals surface area contributed by atoms with E-state index in [2.05, 4.69) is 15.2 Å². The number of amides is 1. The minimum Gasteiger partial charge on any atom is -0.380 e. The van der Waals surface area contributed by atoms with Gasteiger partial charge in [0.1, 0.15) is 12.2 Å². The molecule has 0 bridgehead atoms. The van der Waals surface area contributed by atoms with Crippen molar-refractivity contribution in [2.24, 2.45) is 0 Å². The molecule has 1 aromatic heterocycles. The van der Waals surface area contributed by atoms with Crippen LogP contribution < -0.4 is 0 Å². The highest BCUT2D eigenvalue weighted by atomic mass is 16.5. The van der Waals surface area contributed by atoms with Gasteiger partial charge in [-0.15, -0.1) is 0 Å². The molecule has 2 rings (SSSR count). The second-order valence-electron chi connectivity index (χ2n) is 4.23. The third-order valence-electron chi connectivity index (χ3n) is 2.68. The molecule has 0 fully saturated rings. The van der Waals surface area contributed by atoms with E-state index in [1.807, 2.05) is 18.2 Å². The number of H-pyrrole nitrogens is 1. The zero-order chi connectivity index (χ0) is 13.7. The first-order valence-corrected chi connectivity index (χ1v) is 5.88. The number of aromatic amines is 1. The van der Waals surface area contributed by atoms with Gasteiger partial charge in [0.2, 0.25) is 0 Å². The highest BCUT2D eigenvalue weighted by Crippen LogP contribution is 2.10. The summed E-state index contributed by atoms with van der Waals surface area (Å²) in [6.07, 6.45) is 1.42. The van der Waals surface area contributed by atoms with Crippen molar-refractivity contribution in [1.29, 1.82) is 0 Å². The number of hydrogen-bond donors (Lipinski definition) is 1. The first-order chi connectivity index (χ1) is 9.20. The summed E-state index contributed by atoms with van der Waals surface area (Å²) in [6.45, 7) is 0.889. The van der Waals surface area contributed by atoms with Gasteiger partial charge in [0.25, 0.3) is 5.91 Å². The van der Waals surface area contributed by atoms with Crippen molar-refractivity contribution in [3.63, 3.8) is 0 Å². The summed E-state index contributed by atoms with van der Waals surface area (Å²) in [7, 11) is 3.36. The molecule has 0 unspecified atom stereocenters. The molecule has 100 valence electrons. The summed E-state index contributed by atoms with van der Waals surface area (Å²) in [5, 5.41) is 6.49. The van der Waals surface area contributed by atoms with E-state index in [0.29, 0.717) is 24.5 Å². The number of methoxy groups -OCH3 is 1. The van der Waals surface area contributed by atoms with Crippen LogP contribution >= 0.6 is 0 Å². The normalized spacial score (nSPS) is 10.4. The molecule has 0 aliphatic heterocycles. The molecule has 1 aromatic carbocycles. The summed E-state index contributed by atoms with van der Waals surface area (Å²) in [6, 6.07) is 7.40. The van der Waals surface area contributed by atoms with Gasteiger partial charge in [-0.2, -0.15) is 5.10 Å². The van der Waals surface area contributed by atoms with E-state index in [9.17, 15) is 4.79 Å². The summed E-state index contributed by atoms with van der Waals surface area (Å²) >= 11 is 0. The molecular formula is C13H16N4O2. The van der Waals surface area contributed by atoms with Crippen molar-refractivity contribution in [3.8, 4) is 0 Å². The van der Waals surface area contributed by atoms with Crippen LogP contribution in [0.15, 0.2) is 30.6 Å². The SMILES string of the molecule is COCc1cccc(C(=O)N(C)Cc2ncn[nH]2)c1. The third-order valence-corrected chi connectivity index (χ3v) is 2.68. The van der Waals surface area contributed by atoms with Crippen LogP contribution in [0.1, 0.15) is 21.7 Å². The van der Waals surface area contributed by atoms with E-state index in [1.54, 1.807) is 25.1 Å². The lowest BCUT2D eigenvalue weighted by Crippen LogP contribution is -2.26. The summed E-state index contributed by atoms with van der Waals surface area (Å²) < 4.78 is 5.06. The van der Waals surface area contributed by atoms with E-state index >= 15 is 0 Å². The number of carbonyl (C=O) groups is 1. The molecule has 2 aromatic rings. The molecule has 6 heteroatoms. The zero-order valence-electron chi connectivity index (χ0n) is 11.0. The molecule has 0 saturated carbocycles. The second kappa shape index (κ2) is 6.10. The topological polar surface area (TPSA) is 71.1 Å². The van der Waals surface area contributed by atoms with E-state index in [4.69, 9.17) is 4.74 Å². The first kappa shape index (κ1) is 13.2. The van der Waals surface area contributed by atoms with Gasteiger partial charge in [-0.05, 0) is 17.7 Å². The van der Waals surface area contributed by atoms with E-state index < -0.39 is 0 Å². The van der Waals surface area contributed by atoms with Gasteiger partial charge in [-0.25, -0.2) is 4.98 Å². The van der Waals surface area contributed by atoms with E-state index in [1.165, 1.54) is 6.33 Å². The van der Waals surface area contributed by atoms with Gasteiger partial charge < -0.3 is 9.64 Å². The van der Waals surface area contributed by atoms with Crippen molar-refractivity contribution in [2.45, 2.75) is 13.2 Å². The Morgan fingerprint density at radius 3 is 3.00 bits per heavy atom. The molecule has 1 N–H and O–H groups in total. The molecular weight excluding hydrogens is 244 g/mol. The Hall–Kier alpha value is -2.21. The quantitative estimate of drug-likeness (QED) is 0.877. The van der Waals surface area contributed by atoms with Crippen LogP contribution in [-0.4, -0.2) is 40.1 Å². The van der Waals surface area contributed by atoms with Crippen molar-refractivity contribution < 1.29 is 9.53 Å². The fourth-order valence-corrected chi connectivity index (χ4v) is 1.78. The Morgan fingerprint density at radius 2 is 2.32 bits per heavy atom. The number of nitrogens with one attached hydrogen (secondary N) is 1. The van der Waals surface area contributed by atoms with Gasteiger partial charge in [-0.3, -0.25) is 9.89 Å². The Balaban J connectivity index is 2.08. The molecule has 0 aliphatic carbocycles. The molecule has 1 amide bonds. The highest BCUT2D eigenvalue weighted by molar-refractivity contribution is 5.94. The van der Waals surface area contributed by atoms with Crippen molar-refractivity contribution in [3.05, 3.63) is 47.5 Å². The number of rotatable bonds is 5. The first-order valence-electron chi connectivity index (χ1n) is 5.88. The summed E-state index contributed by atoms with van der Waals surface area (Å²) in [4.78, 5) is 17.8. The minimum absolute atomic E-state index is 0.0608. The van der Waals surface area contributed by atoms with Gasteiger partial charge >= 0.3 is 0 Å².